The van der Waals surface area contributed by atoms with Crippen LogP contribution in [0.25, 0.3) is 11.4 Å². The largest absolute Gasteiger partial charge is 0.497 e. The lowest BCUT2D eigenvalue weighted by atomic mass is 9.87. The van der Waals surface area contributed by atoms with Crippen LogP contribution in [-0.4, -0.2) is 41.1 Å². The number of ether oxygens (including phenoxy) is 1. The molecule has 1 aliphatic heterocycles. The number of piperidine rings is 1. The van der Waals surface area contributed by atoms with Crippen molar-refractivity contribution in [3.8, 4) is 17.1 Å². The maximum atomic E-state index is 13.1. The predicted molar refractivity (Wildman–Crippen MR) is 125 cm³/mol. The summed E-state index contributed by atoms with van der Waals surface area (Å²) in [6.07, 6.45) is 5.13. The summed E-state index contributed by atoms with van der Waals surface area (Å²) in [5.74, 6) is 2.07. The number of carbonyl (C=O) groups is 1. The van der Waals surface area contributed by atoms with E-state index in [0.717, 1.165) is 50.0 Å². The van der Waals surface area contributed by atoms with Crippen molar-refractivity contribution in [3.05, 3.63) is 65.5 Å². The van der Waals surface area contributed by atoms with Gasteiger partial charge in [0.15, 0.2) is 0 Å². The van der Waals surface area contributed by atoms with Gasteiger partial charge in [0, 0.05) is 12.1 Å². The molecule has 1 aromatic heterocycles. The van der Waals surface area contributed by atoms with Crippen LogP contribution in [0, 0.1) is 5.92 Å². The van der Waals surface area contributed by atoms with Crippen molar-refractivity contribution in [2.75, 3.05) is 20.2 Å². The number of benzene rings is 2. The summed E-state index contributed by atoms with van der Waals surface area (Å²) in [6.45, 7) is 2.19. The monoisotopic (exact) mass is 446 g/mol. The van der Waals surface area contributed by atoms with Crippen LogP contribution < -0.4 is 10.1 Å². The highest BCUT2D eigenvalue weighted by Gasteiger charge is 2.29. The third-order valence-corrected chi connectivity index (χ3v) is 6.74. The van der Waals surface area contributed by atoms with Gasteiger partial charge in [0.2, 0.25) is 17.6 Å². The Hall–Kier alpha value is -3.19. The van der Waals surface area contributed by atoms with Crippen LogP contribution >= 0.6 is 0 Å². The molecule has 1 aliphatic carbocycles. The van der Waals surface area contributed by atoms with Crippen molar-refractivity contribution in [1.29, 1.82) is 0 Å². The minimum absolute atomic E-state index is 0.0168. The van der Waals surface area contributed by atoms with Crippen LogP contribution in [-0.2, 0) is 17.8 Å². The van der Waals surface area contributed by atoms with Gasteiger partial charge in [-0.05, 0) is 74.0 Å². The molecule has 3 aromatic rings. The number of fused-ring (bicyclic) bond motifs is 1. The molecule has 2 aliphatic rings. The first kappa shape index (κ1) is 21.6. The van der Waals surface area contributed by atoms with E-state index < -0.39 is 0 Å². The molecule has 33 heavy (non-hydrogen) atoms. The fraction of sp³-hybridized carbons (Fsp3) is 0.423. The van der Waals surface area contributed by atoms with Crippen molar-refractivity contribution in [2.45, 2.75) is 44.7 Å². The molecular formula is C26H30N4O3. The Balaban J connectivity index is 1.19. The number of likely N-dealkylation sites (tertiary alicyclic amines) is 1. The summed E-state index contributed by atoms with van der Waals surface area (Å²) >= 11 is 0. The second kappa shape index (κ2) is 9.75. The van der Waals surface area contributed by atoms with Crippen molar-refractivity contribution in [3.63, 3.8) is 0 Å². The molecule has 1 saturated heterocycles. The van der Waals surface area contributed by atoms with E-state index >= 15 is 0 Å². The lowest BCUT2D eigenvalue weighted by molar-refractivity contribution is -0.127. The molecule has 0 bridgehead atoms. The minimum Gasteiger partial charge on any atom is -0.497 e. The number of rotatable bonds is 6. The molecule has 5 rings (SSSR count). The van der Waals surface area contributed by atoms with Crippen LogP contribution in [0.3, 0.4) is 0 Å². The van der Waals surface area contributed by atoms with Gasteiger partial charge in [0.25, 0.3) is 0 Å². The number of hydrogen-bond donors (Lipinski definition) is 1. The Bertz CT molecular complexity index is 1090. The van der Waals surface area contributed by atoms with Gasteiger partial charge in [-0.25, -0.2) is 0 Å². The molecule has 7 nitrogen and oxygen atoms in total. The summed E-state index contributed by atoms with van der Waals surface area (Å²) in [7, 11) is 1.64. The van der Waals surface area contributed by atoms with Gasteiger partial charge in [-0.1, -0.05) is 29.4 Å². The number of aromatic nitrogens is 2. The molecule has 2 unspecified atom stereocenters. The van der Waals surface area contributed by atoms with Gasteiger partial charge in [-0.2, -0.15) is 4.98 Å². The quantitative estimate of drug-likeness (QED) is 0.613. The van der Waals surface area contributed by atoms with E-state index in [4.69, 9.17) is 9.26 Å². The van der Waals surface area contributed by atoms with Gasteiger partial charge in [-0.15, -0.1) is 0 Å². The number of aryl methyl sites for hydroxylation is 1. The molecule has 1 fully saturated rings. The summed E-state index contributed by atoms with van der Waals surface area (Å²) < 4.78 is 10.7. The topological polar surface area (TPSA) is 80.5 Å². The van der Waals surface area contributed by atoms with Gasteiger partial charge in [0.05, 0.1) is 25.6 Å². The Kier molecular flexibility index (Phi) is 6.39. The van der Waals surface area contributed by atoms with Crippen LogP contribution in [0.5, 0.6) is 5.75 Å². The van der Waals surface area contributed by atoms with E-state index in [1.165, 1.54) is 11.1 Å². The first-order chi connectivity index (χ1) is 16.2. The zero-order valence-corrected chi connectivity index (χ0v) is 19.0. The third kappa shape index (κ3) is 4.93. The Labute approximate surface area is 194 Å². The number of nitrogens with one attached hydrogen (secondary N) is 1. The van der Waals surface area contributed by atoms with E-state index in [1.807, 2.05) is 24.3 Å². The first-order valence-electron chi connectivity index (χ1n) is 11.8. The Morgan fingerprint density at radius 2 is 2.00 bits per heavy atom. The van der Waals surface area contributed by atoms with E-state index in [9.17, 15) is 4.79 Å². The summed E-state index contributed by atoms with van der Waals surface area (Å²) in [5.41, 5.74) is 3.53. The summed E-state index contributed by atoms with van der Waals surface area (Å²) in [4.78, 5) is 19.9. The molecule has 1 N–H and O–H groups in total. The van der Waals surface area contributed by atoms with Gasteiger partial charge in [0.1, 0.15) is 5.75 Å². The molecule has 1 amide bonds. The Morgan fingerprint density at radius 1 is 1.15 bits per heavy atom. The average molecular weight is 447 g/mol. The highest BCUT2D eigenvalue weighted by molar-refractivity contribution is 5.79. The van der Waals surface area contributed by atoms with Gasteiger partial charge < -0.3 is 14.6 Å². The predicted octanol–water partition coefficient (Wildman–Crippen LogP) is 4.15. The Morgan fingerprint density at radius 3 is 2.85 bits per heavy atom. The maximum Gasteiger partial charge on any atom is 0.241 e. The maximum absolute atomic E-state index is 13.1. The summed E-state index contributed by atoms with van der Waals surface area (Å²) in [5, 5.41) is 7.46. The third-order valence-electron chi connectivity index (χ3n) is 6.74. The number of carbonyl (C=O) groups excluding carboxylic acids is 1. The van der Waals surface area contributed by atoms with Gasteiger partial charge in [-0.3, -0.25) is 9.69 Å². The van der Waals surface area contributed by atoms with Crippen LogP contribution in [0.15, 0.2) is 53.1 Å². The summed E-state index contributed by atoms with van der Waals surface area (Å²) in [6, 6.07) is 16.2. The number of amides is 1. The van der Waals surface area contributed by atoms with Crippen molar-refractivity contribution < 1.29 is 14.1 Å². The second-order valence-electron chi connectivity index (χ2n) is 8.97. The lowest BCUT2D eigenvalue weighted by Crippen LogP contribution is -2.44. The zero-order chi connectivity index (χ0) is 22.6. The van der Waals surface area contributed by atoms with E-state index in [-0.39, 0.29) is 17.9 Å². The van der Waals surface area contributed by atoms with Crippen molar-refractivity contribution in [1.82, 2.24) is 20.4 Å². The molecule has 0 spiro atoms. The standard InChI is InChI=1S/C26H30N4O3/c1-32-21-13-11-19(12-14-21)25-28-24(33-29-25)17-30-15-5-8-20(16-30)26(31)27-23-10-4-7-18-6-2-3-9-22(18)23/h2-3,6,9,11-14,20,23H,4-5,7-8,10,15-17H2,1H3,(H,27,31). The molecule has 2 atom stereocenters. The van der Waals surface area contributed by atoms with Crippen molar-refractivity contribution in [2.24, 2.45) is 5.92 Å². The molecule has 2 aromatic carbocycles. The molecule has 0 radical (unpaired) electrons. The first-order valence-corrected chi connectivity index (χ1v) is 11.8. The minimum atomic E-state index is -0.0168. The second-order valence-corrected chi connectivity index (χ2v) is 8.97. The SMILES string of the molecule is COc1ccc(-c2noc(CN3CCCC(C(=O)NC4CCCc5ccccc54)C3)n2)cc1. The molecule has 0 saturated carbocycles. The smallest absolute Gasteiger partial charge is 0.241 e. The fourth-order valence-corrected chi connectivity index (χ4v) is 4.97. The van der Waals surface area contributed by atoms with Crippen LogP contribution in [0.1, 0.15) is 48.7 Å². The molecule has 7 heteroatoms. The number of nitrogens with zero attached hydrogens (tertiary/aromatic N) is 3. The molecule has 2 heterocycles. The number of hydrogen-bond acceptors (Lipinski definition) is 6. The van der Waals surface area contributed by atoms with E-state index in [0.29, 0.717) is 24.8 Å². The van der Waals surface area contributed by atoms with Crippen molar-refractivity contribution >= 4 is 5.91 Å². The van der Waals surface area contributed by atoms with Crippen LogP contribution in [0.2, 0.25) is 0 Å². The normalized spacial score (nSPS) is 20.8. The average Bonchev–Trinajstić information content (AvgIpc) is 3.33. The highest BCUT2D eigenvalue weighted by atomic mass is 16.5. The van der Waals surface area contributed by atoms with E-state index in [1.54, 1.807) is 7.11 Å². The molecular weight excluding hydrogens is 416 g/mol. The lowest BCUT2D eigenvalue weighted by Gasteiger charge is -2.33. The van der Waals surface area contributed by atoms with E-state index in [2.05, 4.69) is 44.6 Å². The molecule has 172 valence electrons. The number of methoxy groups -OCH3 is 1. The van der Waals surface area contributed by atoms with Gasteiger partial charge >= 0.3 is 0 Å². The van der Waals surface area contributed by atoms with Crippen LogP contribution in [0.4, 0.5) is 0 Å². The highest BCUT2D eigenvalue weighted by Crippen LogP contribution is 2.30. The fourth-order valence-electron chi connectivity index (χ4n) is 4.97. The zero-order valence-electron chi connectivity index (χ0n) is 19.0.